The molecule has 0 aliphatic carbocycles. The monoisotopic (exact) mass is 864 g/mol. The zero-order chi connectivity index (χ0) is 45.1. The number of ether oxygens (including phenoxy) is 2. The molecule has 4 N–H and O–H groups in total. The highest BCUT2D eigenvalue weighted by atomic mass is 16.5. The van der Waals surface area contributed by atoms with Gasteiger partial charge in [0.1, 0.15) is 23.7 Å². The molecule has 8 rings (SSSR count). The number of carbonyl (C=O) groups excluding carboxylic acids is 4. The number of amides is 4. The molecule has 5 atom stereocenters. The van der Waals surface area contributed by atoms with Gasteiger partial charge in [0, 0.05) is 24.6 Å². The number of nitrogens with zero attached hydrogens (tertiary/aromatic N) is 4. The van der Waals surface area contributed by atoms with E-state index in [-0.39, 0.29) is 41.7 Å². The summed E-state index contributed by atoms with van der Waals surface area (Å²) in [5, 5.41) is 7.64. The molecule has 14 nitrogen and oxygen atoms in total. The lowest BCUT2D eigenvalue weighted by molar-refractivity contribution is -0.136. The van der Waals surface area contributed by atoms with Gasteiger partial charge in [0.15, 0.2) is 0 Å². The van der Waals surface area contributed by atoms with Crippen LogP contribution in [0.5, 0.6) is 0 Å². The first-order chi connectivity index (χ1) is 30.9. The summed E-state index contributed by atoms with van der Waals surface area (Å²) in [5.74, 6) is 0.969. The van der Waals surface area contributed by atoms with Crippen molar-refractivity contribution >= 4 is 34.8 Å². The van der Waals surface area contributed by atoms with E-state index in [9.17, 15) is 19.2 Å². The quantitative estimate of drug-likeness (QED) is 0.0945. The summed E-state index contributed by atoms with van der Waals surface area (Å²) < 4.78 is 9.63. The van der Waals surface area contributed by atoms with Crippen molar-refractivity contribution in [2.24, 2.45) is 11.8 Å². The van der Waals surface area contributed by atoms with Crippen LogP contribution >= 0.6 is 0 Å². The summed E-state index contributed by atoms with van der Waals surface area (Å²) in [7, 11) is 2.59. The number of H-pyrrole nitrogens is 2. The third-order valence-electron chi connectivity index (χ3n) is 12.7. The van der Waals surface area contributed by atoms with Crippen molar-refractivity contribution in [2.45, 2.75) is 77.0 Å². The van der Waals surface area contributed by atoms with E-state index < -0.39 is 24.3 Å². The lowest BCUT2D eigenvalue weighted by Gasteiger charge is -2.30. The maximum Gasteiger partial charge on any atom is 0.407 e. The van der Waals surface area contributed by atoms with E-state index >= 15 is 0 Å². The topological polar surface area (TPSA) is 175 Å². The largest absolute Gasteiger partial charge is 0.453 e. The van der Waals surface area contributed by atoms with Crippen LogP contribution in [-0.4, -0.2) is 93.1 Å². The number of rotatable bonds is 12. The van der Waals surface area contributed by atoms with Crippen LogP contribution in [0.1, 0.15) is 82.2 Å². The first-order valence-corrected chi connectivity index (χ1v) is 22.0. The predicted molar refractivity (Wildman–Crippen MR) is 245 cm³/mol. The zero-order valence-corrected chi connectivity index (χ0v) is 37.1. The molecule has 0 radical (unpaired) electrons. The van der Waals surface area contributed by atoms with Crippen molar-refractivity contribution in [1.82, 2.24) is 40.4 Å². The van der Waals surface area contributed by atoms with Crippen LogP contribution in [0.25, 0.3) is 44.4 Å². The number of methoxy groups -OCH3 is 2. The lowest BCUT2D eigenvalue weighted by atomic mass is 9.96. The van der Waals surface area contributed by atoms with Gasteiger partial charge in [-0.15, -0.1) is 0 Å². The first-order valence-electron chi connectivity index (χ1n) is 22.0. The van der Waals surface area contributed by atoms with E-state index in [0.717, 1.165) is 68.6 Å². The molecule has 4 aromatic carbocycles. The molecule has 0 bridgehead atoms. The van der Waals surface area contributed by atoms with Crippen LogP contribution < -0.4 is 10.6 Å². The Kier molecular flexibility index (Phi) is 12.8. The highest BCUT2D eigenvalue weighted by Gasteiger charge is 2.42. The van der Waals surface area contributed by atoms with Crippen molar-refractivity contribution in [3.8, 4) is 33.6 Å². The van der Waals surface area contributed by atoms with Crippen LogP contribution in [0.2, 0.25) is 0 Å². The fourth-order valence-electron chi connectivity index (χ4n) is 9.12. The molecule has 2 fully saturated rings. The van der Waals surface area contributed by atoms with Gasteiger partial charge in [0.05, 0.1) is 50.1 Å². The van der Waals surface area contributed by atoms with E-state index in [2.05, 4.69) is 93.4 Å². The van der Waals surface area contributed by atoms with Gasteiger partial charge in [0.25, 0.3) is 0 Å². The Morgan fingerprint density at radius 3 is 1.75 bits per heavy atom. The third-order valence-corrected chi connectivity index (χ3v) is 12.7. The molecule has 0 saturated carbocycles. The molecular weight excluding hydrogens is 809 g/mol. The number of aromatic amines is 2. The molecule has 64 heavy (non-hydrogen) atoms. The molecule has 14 heteroatoms. The Labute approximate surface area is 373 Å². The average Bonchev–Trinajstić information content (AvgIpc) is 4.16. The Morgan fingerprint density at radius 1 is 0.641 bits per heavy atom. The second-order valence-electron chi connectivity index (χ2n) is 17.5. The normalized spacial score (nSPS) is 18.3. The zero-order valence-electron chi connectivity index (χ0n) is 37.1. The second-order valence-corrected chi connectivity index (χ2v) is 17.5. The minimum Gasteiger partial charge on any atom is -0.453 e. The van der Waals surface area contributed by atoms with Crippen LogP contribution in [0.15, 0.2) is 103 Å². The highest BCUT2D eigenvalue weighted by Crippen LogP contribution is 2.41. The Morgan fingerprint density at radius 2 is 1.16 bits per heavy atom. The summed E-state index contributed by atoms with van der Waals surface area (Å²) in [5.41, 5.74) is 6.98. The minimum absolute atomic E-state index is 0.107. The van der Waals surface area contributed by atoms with E-state index in [1.807, 2.05) is 68.1 Å². The molecule has 6 aromatic rings. The molecule has 2 aliphatic rings. The van der Waals surface area contributed by atoms with Gasteiger partial charge in [-0.25, -0.2) is 19.6 Å². The number of alkyl carbamates (subject to hydrolysis) is 2. The minimum atomic E-state index is -0.746. The van der Waals surface area contributed by atoms with Crippen molar-refractivity contribution in [3.05, 3.63) is 121 Å². The smallest absolute Gasteiger partial charge is 0.407 e. The van der Waals surface area contributed by atoms with Gasteiger partial charge in [0.2, 0.25) is 11.8 Å². The third kappa shape index (κ3) is 9.08. The number of carbonyl (C=O) groups is 4. The SMILES string of the molecule is COC(=O)N[C@H](C(=O)N1CCC[C@H]1c1ncc(-c2ccc3cc(-c4ccc(-c5cnc([C@@H]6C[C@H](c7ccccc7)CN6C(=O)[C@@H](NC(=O)OC)C(C)C)[nH]5)cc4)ccc3c2)[nH]1)C(C)C. The Balaban J connectivity index is 0.968. The van der Waals surface area contributed by atoms with E-state index in [4.69, 9.17) is 19.4 Å². The second kappa shape index (κ2) is 18.8. The fourth-order valence-corrected chi connectivity index (χ4v) is 9.12. The molecule has 2 saturated heterocycles. The van der Waals surface area contributed by atoms with Gasteiger partial charge >= 0.3 is 12.2 Å². The van der Waals surface area contributed by atoms with Crippen molar-refractivity contribution in [1.29, 1.82) is 0 Å². The molecular formula is C50H56N8O6. The summed E-state index contributed by atoms with van der Waals surface area (Å²) in [6.07, 6.45) is 4.69. The molecule has 4 amide bonds. The summed E-state index contributed by atoms with van der Waals surface area (Å²) in [6, 6.07) is 29.4. The number of imidazole rings is 2. The number of hydrogen-bond donors (Lipinski definition) is 4. The van der Waals surface area contributed by atoms with E-state index in [0.29, 0.717) is 25.3 Å². The van der Waals surface area contributed by atoms with Crippen LogP contribution in [0.4, 0.5) is 9.59 Å². The predicted octanol–water partition coefficient (Wildman–Crippen LogP) is 8.77. The number of hydrogen-bond acceptors (Lipinski definition) is 8. The molecule has 2 aliphatic heterocycles. The average molecular weight is 865 g/mol. The molecule has 2 aromatic heterocycles. The number of aromatic nitrogens is 4. The number of fused-ring (bicyclic) bond motifs is 1. The lowest BCUT2D eigenvalue weighted by Crippen LogP contribution is -2.51. The summed E-state index contributed by atoms with van der Waals surface area (Å²) >= 11 is 0. The van der Waals surface area contributed by atoms with Crippen molar-refractivity contribution in [3.63, 3.8) is 0 Å². The van der Waals surface area contributed by atoms with E-state index in [1.54, 1.807) is 0 Å². The van der Waals surface area contributed by atoms with Crippen LogP contribution in [0.3, 0.4) is 0 Å². The molecule has 0 unspecified atom stereocenters. The number of benzene rings is 4. The maximum atomic E-state index is 14.1. The summed E-state index contributed by atoms with van der Waals surface area (Å²) in [4.78, 5) is 72.2. The van der Waals surface area contributed by atoms with E-state index in [1.165, 1.54) is 14.2 Å². The fraction of sp³-hybridized carbons (Fsp3) is 0.360. The summed E-state index contributed by atoms with van der Waals surface area (Å²) in [6.45, 7) is 8.73. The Bertz CT molecular complexity index is 2620. The standard InChI is InChI=1S/C50H56N8O6/c1-29(2)43(55-49(61)63-5)47(59)57-22-10-13-41(57)45-51-27-40(54-45)37-21-20-35-23-34(18-19-36(35)24-37)32-14-16-33(17-15-32)39-26-52-46(53-39)42-25-38(31-11-8-7-9-12-31)28-58(42)48(60)44(30(3)4)56-50(62)64-6/h7-9,11-12,14-21,23-24,26-27,29-30,38,41-44H,10,13,22,25,28H2,1-6H3,(H,51,54)(H,52,53)(H,55,61)(H,56,62)/t38-,41-,42-,43-,44-/m0/s1. The van der Waals surface area contributed by atoms with Gasteiger partial charge in [-0.3, -0.25) is 9.59 Å². The molecule has 4 heterocycles. The molecule has 0 spiro atoms. The van der Waals surface area contributed by atoms with Gasteiger partial charge in [-0.2, -0.15) is 0 Å². The van der Waals surface area contributed by atoms with Crippen molar-refractivity contribution in [2.75, 3.05) is 27.3 Å². The first kappa shape index (κ1) is 43.7. The number of likely N-dealkylation sites (tertiary alicyclic amines) is 2. The van der Waals surface area contributed by atoms with Gasteiger partial charge in [-0.1, -0.05) is 107 Å². The Hall–Kier alpha value is -6.96. The van der Waals surface area contributed by atoms with Gasteiger partial charge in [-0.05, 0) is 76.3 Å². The molecule has 332 valence electrons. The van der Waals surface area contributed by atoms with Crippen molar-refractivity contribution < 1.29 is 28.7 Å². The van der Waals surface area contributed by atoms with Crippen LogP contribution in [0, 0.1) is 11.8 Å². The van der Waals surface area contributed by atoms with Gasteiger partial charge < -0.3 is 39.9 Å². The van der Waals surface area contributed by atoms with Crippen LogP contribution in [-0.2, 0) is 19.1 Å². The highest BCUT2D eigenvalue weighted by molar-refractivity contribution is 5.91. The maximum absolute atomic E-state index is 14.1. The number of nitrogens with one attached hydrogen (secondary N) is 4.